The van der Waals surface area contributed by atoms with E-state index >= 15 is 0 Å². The average Bonchev–Trinajstić information content (AvgIpc) is 2.74. The maximum absolute atomic E-state index is 4.96. The second-order valence-corrected chi connectivity index (χ2v) is 3.43. The first-order valence-corrected chi connectivity index (χ1v) is 5.49. The number of aromatic nitrogens is 2. The van der Waals surface area contributed by atoms with E-state index < -0.39 is 0 Å². The fraction of sp³-hybridized carbons (Fsp3) is 0.700. The average molecular weight is 369 g/mol. The molecule has 0 aromatic carbocycles. The molecular formula is C10H20IN5O2. The van der Waals surface area contributed by atoms with Crippen LogP contribution < -0.4 is 10.6 Å². The molecule has 8 heteroatoms. The van der Waals surface area contributed by atoms with E-state index in [-0.39, 0.29) is 24.0 Å². The number of hydrogen-bond acceptors (Lipinski definition) is 5. The molecule has 18 heavy (non-hydrogen) atoms. The van der Waals surface area contributed by atoms with Crippen molar-refractivity contribution in [3.8, 4) is 0 Å². The van der Waals surface area contributed by atoms with Crippen LogP contribution in [0.25, 0.3) is 0 Å². The van der Waals surface area contributed by atoms with E-state index in [0.29, 0.717) is 24.2 Å². The first kappa shape index (κ1) is 17.1. The molecule has 0 atom stereocenters. The second kappa shape index (κ2) is 10.1. The van der Waals surface area contributed by atoms with Gasteiger partial charge in [0, 0.05) is 34.2 Å². The Morgan fingerprint density at radius 3 is 2.78 bits per heavy atom. The molecule has 1 aromatic heterocycles. The molecule has 0 aliphatic rings. The Hall–Kier alpha value is -0.900. The highest BCUT2D eigenvalue weighted by Crippen LogP contribution is 1.93. The number of hydrogen-bond donors (Lipinski definition) is 2. The summed E-state index contributed by atoms with van der Waals surface area (Å²) in [5.41, 5.74) is 0. The van der Waals surface area contributed by atoms with Gasteiger partial charge in [-0.1, -0.05) is 5.16 Å². The fourth-order valence-corrected chi connectivity index (χ4v) is 1.22. The molecule has 0 fully saturated rings. The number of aliphatic imine (C=N–C) groups is 1. The molecule has 0 bridgehead atoms. The van der Waals surface area contributed by atoms with Gasteiger partial charge in [0.1, 0.15) is 0 Å². The van der Waals surface area contributed by atoms with Crippen LogP contribution in [0.5, 0.6) is 0 Å². The van der Waals surface area contributed by atoms with Crippen LogP contribution in [0.2, 0.25) is 0 Å². The van der Waals surface area contributed by atoms with Crippen LogP contribution in [0.1, 0.15) is 18.1 Å². The first-order valence-electron chi connectivity index (χ1n) is 5.49. The van der Waals surface area contributed by atoms with Crippen molar-refractivity contribution >= 4 is 29.9 Å². The number of methoxy groups -OCH3 is 1. The summed E-state index contributed by atoms with van der Waals surface area (Å²) < 4.78 is 9.82. The molecule has 0 saturated heterocycles. The Morgan fingerprint density at radius 2 is 2.22 bits per heavy atom. The maximum Gasteiger partial charge on any atom is 0.223 e. The van der Waals surface area contributed by atoms with Gasteiger partial charge in [0.15, 0.2) is 11.8 Å². The highest BCUT2D eigenvalue weighted by atomic mass is 127. The lowest BCUT2D eigenvalue weighted by Crippen LogP contribution is -2.37. The SMILES string of the molecule is CN=C(NCCCOC)NCc1noc(C)n1.I. The Kier molecular flexibility index (Phi) is 9.56. The van der Waals surface area contributed by atoms with Crippen molar-refractivity contribution in [1.29, 1.82) is 0 Å². The number of ether oxygens (including phenoxy) is 1. The van der Waals surface area contributed by atoms with Gasteiger partial charge in [-0.2, -0.15) is 4.98 Å². The van der Waals surface area contributed by atoms with Crippen LogP contribution in [-0.2, 0) is 11.3 Å². The molecule has 1 heterocycles. The van der Waals surface area contributed by atoms with Crippen LogP contribution in [0.4, 0.5) is 0 Å². The van der Waals surface area contributed by atoms with Gasteiger partial charge < -0.3 is 19.9 Å². The molecule has 0 saturated carbocycles. The minimum atomic E-state index is 0. The van der Waals surface area contributed by atoms with Crippen molar-refractivity contribution in [2.45, 2.75) is 19.9 Å². The van der Waals surface area contributed by atoms with Gasteiger partial charge >= 0.3 is 0 Å². The number of nitrogens with zero attached hydrogens (tertiary/aromatic N) is 3. The minimum Gasteiger partial charge on any atom is -0.385 e. The monoisotopic (exact) mass is 369 g/mol. The summed E-state index contributed by atoms with van der Waals surface area (Å²) in [6, 6.07) is 0. The zero-order chi connectivity index (χ0) is 12.5. The highest BCUT2D eigenvalue weighted by Gasteiger charge is 2.03. The van der Waals surface area contributed by atoms with E-state index in [0.717, 1.165) is 19.6 Å². The number of nitrogens with one attached hydrogen (secondary N) is 2. The lowest BCUT2D eigenvalue weighted by molar-refractivity contribution is 0.195. The van der Waals surface area contributed by atoms with Crippen molar-refractivity contribution in [3.63, 3.8) is 0 Å². The van der Waals surface area contributed by atoms with Gasteiger partial charge in [-0.05, 0) is 6.42 Å². The summed E-state index contributed by atoms with van der Waals surface area (Å²) in [4.78, 5) is 8.16. The summed E-state index contributed by atoms with van der Waals surface area (Å²) in [6.45, 7) is 3.78. The molecule has 2 N–H and O–H groups in total. The summed E-state index contributed by atoms with van der Waals surface area (Å²) in [6.07, 6.45) is 0.929. The first-order chi connectivity index (χ1) is 8.26. The van der Waals surface area contributed by atoms with Crippen molar-refractivity contribution < 1.29 is 9.26 Å². The predicted molar refractivity (Wildman–Crippen MR) is 79.1 cm³/mol. The number of rotatable bonds is 6. The third kappa shape index (κ3) is 6.74. The van der Waals surface area contributed by atoms with Crippen LogP contribution in [0.15, 0.2) is 9.52 Å². The summed E-state index contributed by atoms with van der Waals surface area (Å²) in [7, 11) is 3.40. The third-order valence-electron chi connectivity index (χ3n) is 2.02. The van der Waals surface area contributed by atoms with Crippen LogP contribution in [0, 0.1) is 6.92 Å². The van der Waals surface area contributed by atoms with Crippen molar-refractivity contribution in [1.82, 2.24) is 20.8 Å². The predicted octanol–water partition coefficient (Wildman–Crippen LogP) is 0.698. The zero-order valence-electron chi connectivity index (χ0n) is 10.9. The smallest absolute Gasteiger partial charge is 0.223 e. The number of halogens is 1. The lowest BCUT2D eigenvalue weighted by Gasteiger charge is -2.09. The van der Waals surface area contributed by atoms with Gasteiger partial charge in [-0.25, -0.2) is 0 Å². The normalized spacial score (nSPS) is 10.9. The van der Waals surface area contributed by atoms with E-state index in [1.165, 1.54) is 0 Å². The van der Waals surface area contributed by atoms with Crippen LogP contribution in [0.3, 0.4) is 0 Å². The molecule has 0 aliphatic heterocycles. The molecule has 0 amide bonds. The highest BCUT2D eigenvalue weighted by molar-refractivity contribution is 14.0. The van der Waals surface area contributed by atoms with Crippen molar-refractivity contribution in [2.24, 2.45) is 4.99 Å². The number of guanidine groups is 1. The molecular weight excluding hydrogens is 349 g/mol. The van der Waals surface area contributed by atoms with Crippen molar-refractivity contribution in [3.05, 3.63) is 11.7 Å². The summed E-state index contributed by atoms with van der Waals surface area (Å²) >= 11 is 0. The molecule has 1 rings (SSSR count). The Balaban J connectivity index is 0.00000289. The van der Waals surface area contributed by atoms with Gasteiger partial charge in [-0.15, -0.1) is 24.0 Å². The number of aryl methyl sites for hydroxylation is 1. The minimum absolute atomic E-state index is 0. The van der Waals surface area contributed by atoms with Gasteiger partial charge in [-0.3, -0.25) is 4.99 Å². The maximum atomic E-state index is 4.96. The molecule has 0 unspecified atom stereocenters. The quantitative estimate of drug-likeness (QED) is 0.332. The molecule has 7 nitrogen and oxygen atoms in total. The molecule has 0 spiro atoms. The molecule has 0 radical (unpaired) electrons. The largest absolute Gasteiger partial charge is 0.385 e. The Labute approximate surface area is 124 Å². The summed E-state index contributed by atoms with van der Waals surface area (Å²) in [5.74, 6) is 1.88. The molecule has 104 valence electrons. The van der Waals surface area contributed by atoms with E-state index in [1.807, 2.05) is 0 Å². The fourth-order valence-electron chi connectivity index (χ4n) is 1.22. The van der Waals surface area contributed by atoms with Gasteiger partial charge in [0.05, 0.1) is 6.54 Å². The summed E-state index contributed by atoms with van der Waals surface area (Å²) in [5, 5.41) is 10.0. The second-order valence-electron chi connectivity index (χ2n) is 3.43. The standard InChI is InChI=1S/C10H19N5O2.HI/c1-8-14-9(15-17-8)7-13-10(11-2)12-5-4-6-16-3;/h4-7H2,1-3H3,(H2,11,12,13);1H. The molecule has 0 aliphatic carbocycles. The van der Waals surface area contributed by atoms with E-state index in [4.69, 9.17) is 9.26 Å². The van der Waals surface area contributed by atoms with Gasteiger partial charge in [0.2, 0.25) is 5.89 Å². The van der Waals surface area contributed by atoms with Crippen LogP contribution >= 0.6 is 24.0 Å². The Bertz CT molecular complexity index is 356. The lowest BCUT2D eigenvalue weighted by atomic mass is 10.4. The van der Waals surface area contributed by atoms with E-state index in [9.17, 15) is 0 Å². The molecule has 1 aromatic rings. The van der Waals surface area contributed by atoms with E-state index in [1.54, 1.807) is 21.1 Å². The van der Waals surface area contributed by atoms with E-state index in [2.05, 4.69) is 25.8 Å². The van der Waals surface area contributed by atoms with Crippen molar-refractivity contribution in [2.75, 3.05) is 27.3 Å². The third-order valence-corrected chi connectivity index (χ3v) is 2.02. The van der Waals surface area contributed by atoms with Crippen LogP contribution in [-0.4, -0.2) is 43.4 Å². The van der Waals surface area contributed by atoms with Gasteiger partial charge in [0.25, 0.3) is 0 Å². The zero-order valence-corrected chi connectivity index (χ0v) is 13.2. The topological polar surface area (TPSA) is 84.6 Å². The Morgan fingerprint density at radius 1 is 1.44 bits per heavy atom.